The zero-order valence-corrected chi connectivity index (χ0v) is 17.9. The van der Waals surface area contributed by atoms with E-state index >= 15 is 0 Å². The Bertz CT molecular complexity index is 758. The van der Waals surface area contributed by atoms with E-state index < -0.39 is 6.10 Å². The Morgan fingerprint density at radius 3 is 2.76 bits per heavy atom. The van der Waals surface area contributed by atoms with Gasteiger partial charge in [-0.25, -0.2) is 4.98 Å². The van der Waals surface area contributed by atoms with Gasteiger partial charge in [0, 0.05) is 31.4 Å². The summed E-state index contributed by atoms with van der Waals surface area (Å²) in [6.07, 6.45) is 2.10. The highest BCUT2D eigenvalue weighted by atomic mass is 35.5. The minimum absolute atomic E-state index is 0. The highest BCUT2D eigenvalue weighted by Crippen LogP contribution is 2.31. The number of aromatic nitrogens is 1. The van der Waals surface area contributed by atoms with Gasteiger partial charge in [-0.2, -0.15) is 0 Å². The van der Waals surface area contributed by atoms with Crippen molar-refractivity contribution in [3.63, 3.8) is 0 Å². The van der Waals surface area contributed by atoms with Crippen LogP contribution in [0.5, 0.6) is 17.4 Å². The molecule has 0 saturated carbocycles. The van der Waals surface area contributed by atoms with Crippen LogP contribution >= 0.6 is 24.8 Å². The minimum Gasteiger partial charge on any atom is -0.490 e. The van der Waals surface area contributed by atoms with Gasteiger partial charge in [0.1, 0.15) is 6.10 Å². The number of benzene rings is 1. The lowest BCUT2D eigenvalue weighted by atomic mass is 10.2. The van der Waals surface area contributed by atoms with Gasteiger partial charge in [-0.15, -0.1) is 24.8 Å². The van der Waals surface area contributed by atoms with Crippen molar-refractivity contribution in [2.45, 2.75) is 26.0 Å². The third kappa shape index (κ3) is 7.36. The van der Waals surface area contributed by atoms with Crippen LogP contribution in [0, 0.1) is 0 Å². The van der Waals surface area contributed by atoms with Crippen molar-refractivity contribution in [2.75, 3.05) is 26.3 Å². The van der Waals surface area contributed by atoms with Crippen LogP contribution in [0.15, 0.2) is 42.6 Å². The number of pyridine rings is 1. The first-order valence-corrected chi connectivity index (χ1v) is 9.21. The largest absolute Gasteiger partial charge is 0.490 e. The van der Waals surface area contributed by atoms with Crippen LogP contribution in [0.3, 0.4) is 0 Å². The molecule has 0 radical (unpaired) electrons. The van der Waals surface area contributed by atoms with E-state index in [0.29, 0.717) is 43.7 Å². The summed E-state index contributed by atoms with van der Waals surface area (Å²) in [5.41, 5.74) is 0.778. The summed E-state index contributed by atoms with van der Waals surface area (Å²) >= 11 is 0. The van der Waals surface area contributed by atoms with Crippen LogP contribution in [0.25, 0.3) is 0 Å². The lowest BCUT2D eigenvalue weighted by Gasteiger charge is -2.22. The summed E-state index contributed by atoms with van der Waals surface area (Å²) in [5.74, 6) is 1.55. The highest BCUT2D eigenvalue weighted by molar-refractivity contribution is 5.85. The number of hydrogen-bond donors (Lipinski definition) is 2. The average molecular weight is 444 g/mol. The van der Waals surface area contributed by atoms with Crippen LogP contribution in [0.4, 0.5) is 0 Å². The van der Waals surface area contributed by atoms with E-state index in [0.717, 1.165) is 18.5 Å². The molecule has 3 rings (SSSR count). The van der Waals surface area contributed by atoms with Crippen molar-refractivity contribution < 1.29 is 19.0 Å². The number of hydrogen-bond acceptors (Lipinski definition) is 6. The number of carbonyl (C=O) groups is 1. The van der Waals surface area contributed by atoms with Gasteiger partial charge in [0.15, 0.2) is 11.5 Å². The Morgan fingerprint density at radius 1 is 1.24 bits per heavy atom. The third-order valence-electron chi connectivity index (χ3n) is 4.04. The maximum absolute atomic E-state index is 12.3. The Hall–Kier alpha value is -2.06. The number of nitrogens with one attached hydrogen (secondary N) is 2. The molecule has 1 saturated heterocycles. The first-order chi connectivity index (χ1) is 13.3. The summed E-state index contributed by atoms with van der Waals surface area (Å²) in [6.45, 7) is 4.79. The Labute approximate surface area is 183 Å². The molecular formula is C20H27Cl2N3O4. The standard InChI is InChI=1S/C20H25N3O4.2ClH/c1-2-11-25-16-7-3-4-8-17(16)27-20-15(6-5-9-22-20)13-23-19(24)18-14-21-10-12-26-18;;/h3-9,18,21H,2,10-14H2,1H3,(H,23,24);2*1H. The first kappa shape index (κ1) is 25.0. The average Bonchev–Trinajstić information content (AvgIpc) is 2.73. The fourth-order valence-electron chi connectivity index (χ4n) is 2.65. The number of amides is 1. The number of nitrogens with zero attached hydrogens (tertiary/aromatic N) is 1. The molecule has 2 heterocycles. The topological polar surface area (TPSA) is 81.7 Å². The number of morpholine rings is 1. The van der Waals surface area contributed by atoms with Crippen molar-refractivity contribution in [2.24, 2.45) is 0 Å². The van der Waals surface area contributed by atoms with Crippen LogP contribution in [-0.2, 0) is 16.1 Å². The molecule has 2 N–H and O–H groups in total. The summed E-state index contributed by atoms with van der Waals surface area (Å²) in [6, 6.07) is 11.2. The predicted molar refractivity (Wildman–Crippen MR) is 115 cm³/mol. The second-order valence-electron chi connectivity index (χ2n) is 6.15. The normalized spacial score (nSPS) is 15.4. The highest BCUT2D eigenvalue weighted by Gasteiger charge is 2.21. The first-order valence-electron chi connectivity index (χ1n) is 9.21. The second kappa shape index (κ2) is 13.2. The summed E-state index contributed by atoms with van der Waals surface area (Å²) in [5, 5.41) is 6.03. The molecule has 9 heteroatoms. The quantitative estimate of drug-likeness (QED) is 0.651. The number of halogens is 2. The van der Waals surface area contributed by atoms with Gasteiger partial charge in [-0.3, -0.25) is 4.79 Å². The van der Waals surface area contributed by atoms with E-state index in [2.05, 4.69) is 22.5 Å². The van der Waals surface area contributed by atoms with E-state index in [4.69, 9.17) is 14.2 Å². The number of carbonyl (C=O) groups excluding carboxylic acids is 1. The maximum atomic E-state index is 12.3. The van der Waals surface area contributed by atoms with Crippen LogP contribution < -0.4 is 20.1 Å². The molecule has 1 aliphatic heterocycles. The van der Waals surface area contributed by atoms with Gasteiger partial charge in [-0.05, 0) is 24.6 Å². The summed E-state index contributed by atoms with van der Waals surface area (Å²) in [4.78, 5) is 16.6. The lowest BCUT2D eigenvalue weighted by molar-refractivity contribution is -0.134. The smallest absolute Gasteiger partial charge is 0.250 e. The monoisotopic (exact) mass is 443 g/mol. The third-order valence-corrected chi connectivity index (χ3v) is 4.04. The minimum atomic E-state index is -0.469. The molecule has 1 fully saturated rings. The maximum Gasteiger partial charge on any atom is 0.250 e. The zero-order valence-electron chi connectivity index (χ0n) is 16.3. The predicted octanol–water partition coefficient (Wildman–Crippen LogP) is 3.11. The second-order valence-corrected chi connectivity index (χ2v) is 6.15. The zero-order chi connectivity index (χ0) is 18.9. The fourth-order valence-corrected chi connectivity index (χ4v) is 2.65. The van der Waals surface area contributed by atoms with Gasteiger partial charge in [0.25, 0.3) is 5.91 Å². The van der Waals surface area contributed by atoms with Crippen LogP contribution in [-0.4, -0.2) is 43.3 Å². The van der Waals surface area contributed by atoms with Crippen molar-refractivity contribution in [1.29, 1.82) is 0 Å². The number of para-hydroxylation sites is 2. The fraction of sp³-hybridized carbons (Fsp3) is 0.400. The van der Waals surface area contributed by atoms with Gasteiger partial charge < -0.3 is 24.8 Å². The van der Waals surface area contributed by atoms with E-state index in [1.165, 1.54) is 0 Å². The van der Waals surface area contributed by atoms with Gasteiger partial charge in [-0.1, -0.05) is 25.1 Å². The molecule has 1 aromatic heterocycles. The van der Waals surface area contributed by atoms with Crippen molar-refractivity contribution in [3.8, 4) is 17.4 Å². The molecule has 0 aliphatic carbocycles. The Morgan fingerprint density at radius 2 is 2.03 bits per heavy atom. The SMILES string of the molecule is CCCOc1ccccc1Oc1ncccc1CNC(=O)C1CNCCO1.Cl.Cl. The number of ether oxygens (including phenoxy) is 3. The number of rotatable bonds is 8. The summed E-state index contributed by atoms with van der Waals surface area (Å²) < 4.78 is 17.2. The molecule has 0 spiro atoms. The Balaban J connectivity index is 0.00000210. The van der Waals surface area contributed by atoms with Crippen molar-refractivity contribution in [1.82, 2.24) is 15.6 Å². The summed E-state index contributed by atoms with van der Waals surface area (Å²) in [7, 11) is 0. The van der Waals surface area contributed by atoms with Gasteiger partial charge >= 0.3 is 0 Å². The Kier molecular flexibility index (Phi) is 11.4. The van der Waals surface area contributed by atoms with Crippen LogP contribution in [0.1, 0.15) is 18.9 Å². The molecule has 0 bridgehead atoms. The van der Waals surface area contributed by atoms with Crippen molar-refractivity contribution in [3.05, 3.63) is 48.2 Å². The molecule has 1 unspecified atom stereocenters. The molecule has 29 heavy (non-hydrogen) atoms. The van der Waals surface area contributed by atoms with Gasteiger partial charge in [0.2, 0.25) is 5.88 Å². The molecule has 1 atom stereocenters. The molecule has 1 aromatic carbocycles. The molecule has 7 nitrogen and oxygen atoms in total. The van der Waals surface area contributed by atoms with E-state index in [9.17, 15) is 4.79 Å². The molecule has 1 amide bonds. The van der Waals surface area contributed by atoms with E-state index in [-0.39, 0.29) is 30.7 Å². The molecular weight excluding hydrogens is 417 g/mol. The molecule has 2 aromatic rings. The van der Waals surface area contributed by atoms with Crippen molar-refractivity contribution >= 4 is 30.7 Å². The lowest BCUT2D eigenvalue weighted by Crippen LogP contribution is -2.47. The molecule has 1 aliphatic rings. The van der Waals surface area contributed by atoms with E-state index in [1.807, 2.05) is 36.4 Å². The van der Waals surface area contributed by atoms with E-state index in [1.54, 1.807) is 6.20 Å². The molecule has 160 valence electrons. The van der Waals surface area contributed by atoms with Crippen LogP contribution in [0.2, 0.25) is 0 Å². The van der Waals surface area contributed by atoms with Gasteiger partial charge in [0.05, 0.1) is 13.2 Å².